The van der Waals surface area contributed by atoms with Crippen molar-refractivity contribution in [3.63, 3.8) is 0 Å². The van der Waals surface area contributed by atoms with Gasteiger partial charge in [-0.05, 0) is 32.0 Å². The van der Waals surface area contributed by atoms with Crippen molar-refractivity contribution in [2.24, 2.45) is 0 Å². The van der Waals surface area contributed by atoms with Crippen molar-refractivity contribution in [3.8, 4) is 0 Å². The lowest BCUT2D eigenvalue weighted by molar-refractivity contribution is 0.0980. The van der Waals surface area contributed by atoms with Crippen molar-refractivity contribution < 1.29 is 4.79 Å². The highest BCUT2D eigenvalue weighted by Gasteiger charge is 2.23. The Morgan fingerprint density at radius 1 is 1.37 bits per heavy atom. The minimum absolute atomic E-state index is 0.0407. The van der Waals surface area contributed by atoms with Gasteiger partial charge in [-0.2, -0.15) is 5.10 Å². The first-order valence-corrected chi connectivity index (χ1v) is 6.53. The van der Waals surface area contributed by atoms with Crippen molar-refractivity contribution in [1.29, 1.82) is 0 Å². The fourth-order valence-corrected chi connectivity index (χ4v) is 2.31. The highest BCUT2D eigenvalue weighted by atomic mass is 35.5. The summed E-state index contributed by atoms with van der Waals surface area (Å²) in [6.07, 6.45) is 3.04. The Morgan fingerprint density at radius 2 is 2.11 bits per heavy atom. The lowest BCUT2D eigenvalue weighted by Crippen LogP contribution is -2.37. The SMILES string of the molecule is CC(C)N(C(=O)c1cn[nH]c1)c1ccc(Cl)cc1Cl. The number of hydrogen-bond donors (Lipinski definition) is 1. The monoisotopic (exact) mass is 297 g/mol. The van der Waals surface area contributed by atoms with Crippen LogP contribution in [-0.4, -0.2) is 22.1 Å². The largest absolute Gasteiger partial charge is 0.304 e. The zero-order valence-corrected chi connectivity index (χ0v) is 12.0. The number of nitrogens with one attached hydrogen (secondary N) is 1. The van der Waals surface area contributed by atoms with Gasteiger partial charge in [-0.1, -0.05) is 23.2 Å². The molecule has 0 bridgehead atoms. The number of H-pyrrole nitrogens is 1. The number of aromatic nitrogens is 2. The summed E-state index contributed by atoms with van der Waals surface area (Å²) < 4.78 is 0. The smallest absolute Gasteiger partial charge is 0.261 e. The summed E-state index contributed by atoms with van der Waals surface area (Å²) in [5.41, 5.74) is 1.12. The number of anilines is 1. The van der Waals surface area contributed by atoms with E-state index < -0.39 is 0 Å². The molecular weight excluding hydrogens is 285 g/mol. The van der Waals surface area contributed by atoms with Gasteiger partial charge >= 0.3 is 0 Å². The van der Waals surface area contributed by atoms with Gasteiger partial charge in [0.15, 0.2) is 0 Å². The maximum Gasteiger partial charge on any atom is 0.261 e. The van der Waals surface area contributed by atoms with Gasteiger partial charge in [0.05, 0.1) is 22.5 Å². The number of benzene rings is 1. The van der Waals surface area contributed by atoms with E-state index in [4.69, 9.17) is 23.2 Å². The van der Waals surface area contributed by atoms with Crippen LogP contribution >= 0.6 is 23.2 Å². The van der Waals surface area contributed by atoms with E-state index >= 15 is 0 Å². The summed E-state index contributed by atoms with van der Waals surface area (Å²) in [5, 5.41) is 7.39. The van der Waals surface area contributed by atoms with E-state index in [0.717, 1.165) is 0 Å². The molecule has 2 aromatic rings. The maximum atomic E-state index is 12.5. The van der Waals surface area contributed by atoms with Crippen LogP contribution in [0.15, 0.2) is 30.6 Å². The van der Waals surface area contributed by atoms with Crippen molar-refractivity contribution in [2.45, 2.75) is 19.9 Å². The Balaban J connectivity index is 2.43. The van der Waals surface area contributed by atoms with Crippen molar-refractivity contribution in [2.75, 3.05) is 4.90 Å². The fraction of sp³-hybridized carbons (Fsp3) is 0.231. The Kier molecular flexibility index (Phi) is 4.12. The molecule has 1 amide bonds. The molecule has 0 spiro atoms. The molecule has 0 aliphatic heterocycles. The van der Waals surface area contributed by atoms with Crippen molar-refractivity contribution in [1.82, 2.24) is 10.2 Å². The first-order valence-electron chi connectivity index (χ1n) is 5.78. The van der Waals surface area contributed by atoms with Gasteiger partial charge in [0, 0.05) is 17.3 Å². The van der Waals surface area contributed by atoms with Crippen molar-refractivity contribution in [3.05, 3.63) is 46.2 Å². The van der Waals surface area contributed by atoms with Gasteiger partial charge in [0.1, 0.15) is 0 Å². The van der Waals surface area contributed by atoms with Crippen LogP contribution in [-0.2, 0) is 0 Å². The number of aromatic amines is 1. The van der Waals surface area contributed by atoms with Crippen LogP contribution in [0, 0.1) is 0 Å². The molecule has 19 heavy (non-hydrogen) atoms. The molecule has 2 rings (SSSR count). The molecular formula is C13H13Cl2N3O. The summed E-state index contributed by atoms with van der Waals surface area (Å²) in [6, 6.07) is 5.03. The molecule has 0 fully saturated rings. The molecule has 1 aromatic heterocycles. The summed E-state index contributed by atoms with van der Waals surface area (Å²) in [4.78, 5) is 14.1. The van der Waals surface area contributed by atoms with E-state index in [1.165, 1.54) is 6.20 Å². The number of carbonyl (C=O) groups excluding carboxylic acids is 1. The quantitative estimate of drug-likeness (QED) is 0.937. The number of rotatable bonds is 3. The van der Waals surface area contributed by atoms with Gasteiger partial charge in [0.25, 0.3) is 5.91 Å². The zero-order chi connectivity index (χ0) is 14.0. The first kappa shape index (κ1) is 13.9. The van der Waals surface area contributed by atoms with Crippen LogP contribution in [0.5, 0.6) is 0 Å². The normalized spacial score (nSPS) is 10.8. The summed E-state index contributed by atoms with van der Waals surface area (Å²) in [6.45, 7) is 3.84. The molecule has 0 saturated heterocycles. The summed E-state index contributed by atoms with van der Waals surface area (Å²) in [5.74, 6) is -0.159. The van der Waals surface area contributed by atoms with E-state index in [0.29, 0.717) is 21.3 Å². The van der Waals surface area contributed by atoms with Gasteiger partial charge in [0.2, 0.25) is 0 Å². The topological polar surface area (TPSA) is 49.0 Å². The third kappa shape index (κ3) is 2.91. The maximum absolute atomic E-state index is 12.5. The molecule has 0 unspecified atom stereocenters. The summed E-state index contributed by atoms with van der Waals surface area (Å²) >= 11 is 12.0. The number of hydrogen-bond acceptors (Lipinski definition) is 2. The number of nitrogens with zero attached hydrogens (tertiary/aromatic N) is 2. The molecule has 1 heterocycles. The van der Waals surface area contributed by atoms with Gasteiger partial charge < -0.3 is 4.90 Å². The first-order chi connectivity index (χ1) is 9.00. The minimum atomic E-state index is -0.159. The lowest BCUT2D eigenvalue weighted by atomic mass is 10.2. The highest BCUT2D eigenvalue weighted by Crippen LogP contribution is 2.31. The Labute approximate surface area is 121 Å². The van der Waals surface area contributed by atoms with E-state index in [2.05, 4.69) is 10.2 Å². The number of amides is 1. The molecule has 4 nitrogen and oxygen atoms in total. The van der Waals surface area contributed by atoms with Gasteiger partial charge in [-0.3, -0.25) is 9.89 Å². The van der Waals surface area contributed by atoms with Gasteiger partial charge in [-0.15, -0.1) is 0 Å². The predicted octanol–water partition coefficient (Wildman–Crippen LogP) is 3.77. The Morgan fingerprint density at radius 3 is 2.63 bits per heavy atom. The van der Waals surface area contributed by atoms with Crippen LogP contribution in [0.25, 0.3) is 0 Å². The summed E-state index contributed by atoms with van der Waals surface area (Å²) in [7, 11) is 0. The number of halogens is 2. The van der Waals surface area contributed by atoms with E-state index in [-0.39, 0.29) is 11.9 Å². The lowest BCUT2D eigenvalue weighted by Gasteiger charge is -2.27. The minimum Gasteiger partial charge on any atom is -0.304 e. The molecule has 100 valence electrons. The Bertz CT molecular complexity index is 582. The predicted molar refractivity (Wildman–Crippen MR) is 77.0 cm³/mol. The highest BCUT2D eigenvalue weighted by molar-refractivity contribution is 6.37. The third-order valence-corrected chi connectivity index (χ3v) is 3.19. The van der Waals surface area contributed by atoms with Crippen LogP contribution in [0.2, 0.25) is 10.0 Å². The third-order valence-electron chi connectivity index (χ3n) is 2.65. The molecule has 0 atom stereocenters. The van der Waals surface area contributed by atoms with Crippen LogP contribution in [0.3, 0.4) is 0 Å². The average Bonchev–Trinajstić information content (AvgIpc) is 2.85. The molecule has 1 N–H and O–H groups in total. The standard InChI is InChI=1S/C13H13Cl2N3O/c1-8(2)18(13(19)9-6-16-17-7-9)12-4-3-10(14)5-11(12)15/h3-8H,1-2H3,(H,16,17). The van der Waals surface area contributed by atoms with Crippen molar-refractivity contribution >= 4 is 34.8 Å². The molecule has 1 aromatic carbocycles. The molecule has 6 heteroatoms. The Hall–Kier alpha value is -1.52. The number of carbonyl (C=O) groups is 1. The molecule has 0 aliphatic carbocycles. The van der Waals surface area contributed by atoms with E-state index in [1.54, 1.807) is 29.3 Å². The fourth-order valence-electron chi connectivity index (χ4n) is 1.81. The second kappa shape index (κ2) is 5.63. The average molecular weight is 298 g/mol. The molecule has 0 saturated carbocycles. The second-order valence-electron chi connectivity index (χ2n) is 4.35. The van der Waals surface area contributed by atoms with E-state index in [1.807, 2.05) is 13.8 Å². The molecule has 0 radical (unpaired) electrons. The van der Waals surface area contributed by atoms with Gasteiger partial charge in [-0.25, -0.2) is 0 Å². The zero-order valence-electron chi connectivity index (χ0n) is 10.5. The van der Waals surface area contributed by atoms with Crippen LogP contribution in [0.1, 0.15) is 24.2 Å². The second-order valence-corrected chi connectivity index (χ2v) is 5.20. The van der Waals surface area contributed by atoms with E-state index in [9.17, 15) is 4.79 Å². The molecule has 0 aliphatic rings. The van der Waals surface area contributed by atoms with Crippen LogP contribution in [0.4, 0.5) is 5.69 Å². The van der Waals surface area contributed by atoms with Crippen LogP contribution < -0.4 is 4.90 Å².